The van der Waals surface area contributed by atoms with Gasteiger partial charge in [0.25, 0.3) is 0 Å². The minimum absolute atomic E-state index is 0.394. The monoisotopic (exact) mass is 295 g/mol. The molecule has 6 heteroatoms. The van der Waals surface area contributed by atoms with Crippen molar-refractivity contribution in [3.63, 3.8) is 0 Å². The van der Waals surface area contributed by atoms with Gasteiger partial charge in [-0.2, -0.15) is 5.26 Å². The number of pyridine rings is 2. The largest absolute Gasteiger partial charge is 0.492 e. The summed E-state index contributed by atoms with van der Waals surface area (Å²) in [6.07, 6.45) is 4.33. The molecule has 0 unspecified atom stereocenters. The van der Waals surface area contributed by atoms with Gasteiger partial charge in [-0.1, -0.05) is 0 Å². The summed E-state index contributed by atoms with van der Waals surface area (Å²) in [5, 5.41) is 10.9. The molecule has 22 heavy (non-hydrogen) atoms. The van der Waals surface area contributed by atoms with Crippen LogP contribution in [-0.4, -0.2) is 47.1 Å². The number of rotatable bonds is 5. The zero-order chi connectivity index (χ0) is 15.5. The van der Waals surface area contributed by atoms with Gasteiger partial charge in [-0.05, 0) is 32.6 Å². The molecule has 0 aliphatic rings. The van der Waals surface area contributed by atoms with Crippen LogP contribution in [0.3, 0.4) is 0 Å². The molecule has 1 N–H and O–H groups in total. The molecule has 0 aliphatic carbocycles. The molecule has 0 saturated carbocycles. The van der Waals surface area contributed by atoms with Gasteiger partial charge in [-0.25, -0.2) is 9.97 Å². The van der Waals surface area contributed by atoms with Crippen LogP contribution >= 0.6 is 0 Å². The van der Waals surface area contributed by atoms with Gasteiger partial charge < -0.3 is 14.6 Å². The van der Waals surface area contributed by atoms with Gasteiger partial charge in [-0.3, -0.25) is 0 Å². The van der Waals surface area contributed by atoms with Crippen molar-refractivity contribution in [2.24, 2.45) is 0 Å². The summed E-state index contributed by atoms with van der Waals surface area (Å²) in [6, 6.07) is 5.79. The fourth-order valence-electron chi connectivity index (χ4n) is 2.37. The standard InChI is InChI=1S/C16H17N5O/c1-21(2)4-3-5-22-12-7-14-13-6-11(8-17)18-10-15(13)20-16(14)19-9-12/h6-7,9-10H,3-5H2,1-2H3,(H,19,20). The highest BCUT2D eigenvalue weighted by Gasteiger charge is 2.08. The van der Waals surface area contributed by atoms with Crippen LogP contribution in [0, 0.1) is 11.3 Å². The van der Waals surface area contributed by atoms with Crippen molar-refractivity contribution in [1.82, 2.24) is 19.9 Å². The van der Waals surface area contributed by atoms with Crippen molar-refractivity contribution in [2.45, 2.75) is 6.42 Å². The second-order valence-corrected chi connectivity index (χ2v) is 5.42. The molecule has 0 bridgehead atoms. The van der Waals surface area contributed by atoms with Crippen molar-refractivity contribution in [1.29, 1.82) is 5.26 Å². The Bertz CT molecular complexity index is 847. The molecule has 0 aromatic carbocycles. The Morgan fingerprint density at radius 2 is 2.09 bits per heavy atom. The molecular formula is C16H17N5O. The van der Waals surface area contributed by atoms with E-state index in [-0.39, 0.29) is 0 Å². The summed E-state index contributed by atoms with van der Waals surface area (Å²) in [6.45, 7) is 1.64. The van der Waals surface area contributed by atoms with E-state index in [1.807, 2.05) is 20.2 Å². The normalized spacial score (nSPS) is 11.2. The van der Waals surface area contributed by atoms with Crippen LogP contribution in [0.2, 0.25) is 0 Å². The van der Waals surface area contributed by atoms with Crippen molar-refractivity contribution in [2.75, 3.05) is 27.2 Å². The Morgan fingerprint density at radius 1 is 1.23 bits per heavy atom. The lowest BCUT2D eigenvalue weighted by atomic mass is 10.2. The van der Waals surface area contributed by atoms with Crippen LogP contribution in [0.25, 0.3) is 21.9 Å². The topological polar surface area (TPSA) is 77.8 Å². The van der Waals surface area contributed by atoms with Crippen molar-refractivity contribution < 1.29 is 4.74 Å². The number of aromatic amines is 1. The molecule has 3 heterocycles. The molecule has 0 saturated heterocycles. The number of nitriles is 1. The van der Waals surface area contributed by atoms with Crippen LogP contribution in [0.1, 0.15) is 12.1 Å². The van der Waals surface area contributed by atoms with E-state index in [1.54, 1.807) is 18.5 Å². The molecule has 112 valence electrons. The minimum Gasteiger partial charge on any atom is -0.492 e. The third-order valence-electron chi connectivity index (χ3n) is 3.44. The Balaban J connectivity index is 1.88. The van der Waals surface area contributed by atoms with E-state index in [9.17, 15) is 0 Å². The van der Waals surface area contributed by atoms with Gasteiger partial charge in [0, 0.05) is 17.3 Å². The predicted octanol–water partition coefficient (Wildman–Crippen LogP) is 2.31. The fourth-order valence-corrected chi connectivity index (χ4v) is 2.37. The number of aromatic nitrogens is 3. The van der Waals surface area contributed by atoms with E-state index in [0.29, 0.717) is 12.3 Å². The number of H-pyrrole nitrogens is 1. The van der Waals surface area contributed by atoms with Crippen LogP contribution in [0.15, 0.2) is 24.5 Å². The Kier molecular flexibility index (Phi) is 3.90. The van der Waals surface area contributed by atoms with E-state index in [0.717, 1.165) is 40.7 Å². The van der Waals surface area contributed by atoms with Gasteiger partial charge in [0.15, 0.2) is 0 Å². The number of nitrogens with one attached hydrogen (secondary N) is 1. The number of hydrogen-bond acceptors (Lipinski definition) is 5. The number of fused-ring (bicyclic) bond motifs is 3. The molecule has 0 aliphatic heterocycles. The summed E-state index contributed by atoms with van der Waals surface area (Å²) in [7, 11) is 4.08. The molecule has 3 aromatic heterocycles. The second-order valence-electron chi connectivity index (χ2n) is 5.42. The molecule has 6 nitrogen and oxygen atoms in total. The summed E-state index contributed by atoms with van der Waals surface area (Å²) >= 11 is 0. The molecule has 3 rings (SSSR count). The third-order valence-corrected chi connectivity index (χ3v) is 3.44. The summed E-state index contributed by atoms with van der Waals surface area (Å²) in [5.41, 5.74) is 2.03. The average Bonchev–Trinajstić information content (AvgIpc) is 2.88. The molecule has 0 atom stereocenters. The fraction of sp³-hybridized carbons (Fsp3) is 0.312. The maximum Gasteiger partial charge on any atom is 0.141 e. The van der Waals surface area contributed by atoms with E-state index in [4.69, 9.17) is 10.00 Å². The van der Waals surface area contributed by atoms with Crippen LogP contribution in [0.5, 0.6) is 5.75 Å². The second kappa shape index (κ2) is 6.00. The summed E-state index contributed by atoms with van der Waals surface area (Å²) < 4.78 is 5.76. The lowest BCUT2D eigenvalue weighted by molar-refractivity contribution is 0.281. The molecular weight excluding hydrogens is 278 g/mol. The quantitative estimate of drug-likeness (QED) is 0.731. The van der Waals surface area contributed by atoms with Gasteiger partial charge >= 0.3 is 0 Å². The van der Waals surface area contributed by atoms with Gasteiger partial charge in [0.2, 0.25) is 0 Å². The average molecular weight is 295 g/mol. The van der Waals surface area contributed by atoms with Crippen LogP contribution in [0.4, 0.5) is 0 Å². The third kappa shape index (κ3) is 2.85. The minimum atomic E-state index is 0.394. The maximum atomic E-state index is 8.98. The maximum absolute atomic E-state index is 8.98. The molecule has 0 fully saturated rings. The smallest absolute Gasteiger partial charge is 0.141 e. The first-order valence-corrected chi connectivity index (χ1v) is 7.12. The van der Waals surface area contributed by atoms with E-state index in [1.165, 1.54) is 0 Å². The van der Waals surface area contributed by atoms with Crippen molar-refractivity contribution >= 4 is 21.9 Å². The van der Waals surface area contributed by atoms with E-state index >= 15 is 0 Å². The zero-order valence-corrected chi connectivity index (χ0v) is 12.6. The molecule has 0 spiro atoms. The van der Waals surface area contributed by atoms with Crippen molar-refractivity contribution in [3.8, 4) is 11.8 Å². The molecule has 3 aromatic rings. The van der Waals surface area contributed by atoms with E-state index in [2.05, 4.69) is 25.9 Å². The van der Waals surface area contributed by atoms with Gasteiger partial charge in [-0.15, -0.1) is 0 Å². The highest BCUT2D eigenvalue weighted by Crippen LogP contribution is 2.27. The first-order chi connectivity index (χ1) is 10.7. The van der Waals surface area contributed by atoms with Gasteiger partial charge in [0.1, 0.15) is 23.2 Å². The van der Waals surface area contributed by atoms with Gasteiger partial charge in [0.05, 0.1) is 24.5 Å². The Labute approximate surface area is 128 Å². The van der Waals surface area contributed by atoms with E-state index < -0.39 is 0 Å². The SMILES string of the molecule is CN(C)CCCOc1cnc2[nH]c3cnc(C#N)cc3c2c1. The number of hydrogen-bond donors (Lipinski definition) is 1. The zero-order valence-electron chi connectivity index (χ0n) is 12.6. The van der Waals surface area contributed by atoms with Crippen LogP contribution in [-0.2, 0) is 0 Å². The lowest BCUT2D eigenvalue weighted by Gasteiger charge is -2.10. The first kappa shape index (κ1) is 14.3. The molecule has 0 radical (unpaired) electrons. The molecule has 0 amide bonds. The Hall–Kier alpha value is -2.65. The highest BCUT2D eigenvalue weighted by atomic mass is 16.5. The first-order valence-electron chi connectivity index (χ1n) is 7.12. The number of ether oxygens (including phenoxy) is 1. The summed E-state index contributed by atoms with van der Waals surface area (Å²) in [5.74, 6) is 0.738. The van der Waals surface area contributed by atoms with Crippen LogP contribution < -0.4 is 4.74 Å². The highest BCUT2D eigenvalue weighted by molar-refractivity contribution is 6.06. The lowest BCUT2D eigenvalue weighted by Crippen LogP contribution is -2.15. The number of nitrogens with zero attached hydrogens (tertiary/aromatic N) is 4. The summed E-state index contributed by atoms with van der Waals surface area (Å²) in [4.78, 5) is 13.8. The Morgan fingerprint density at radius 3 is 2.86 bits per heavy atom. The van der Waals surface area contributed by atoms with Crippen molar-refractivity contribution in [3.05, 3.63) is 30.2 Å². The predicted molar refractivity (Wildman–Crippen MR) is 84.8 cm³/mol.